The number of aliphatic carboxylic acids is 1. The number of alkyl carbamates (subject to hydrolysis) is 1. The molecule has 1 atom stereocenters. The van der Waals surface area contributed by atoms with E-state index in [0.29, 0.717) is 0 Å². The van der Waals surface area contributed by atoms with Crippen molar-refractivity contribution in [2.75, 3.05) is 32.9 Å². The lowest BCUT2D eigenvalue weighted by atomic mass is 9.98. The summed E-state index contributed by atoms with van der Waals surface area (Å²) in [4.78, 5) is 34.6. The first kappa shape index (κ1) is 26.0. The Kier molecular flexibility index (Phi) is 8.69. The zero-order valence-electron chi connectivity index (χ0n) is 18.6. The minimum absolute atomic E-state index is 0.0730. The highest BCUT2D eigenvalue weighted by Gasteiger charge is 2.45. The molecule has 0 radical (unpaired) electrons. The van der Waals surface area contributed by atoms with Gasteiger partial charge in [-0.05, 0) is 22.3 Å². The van der Waals surface area contributed by atoms with Crippen molar-refractivity contribution in [3.05, 3.63) is 59.7 Å². The Balaban J connectivity index is 1.50. The predicted molar refractivity (Wildman–Crippen MR) is 119 cm³/mol. The highest BCUT2D eigenvalue weighted by molar-refractivity contribution is 5.81. The second-order valence-corrected chi connectivity index (χ2v) is 7.85. The Hall–Kier alpha value is -3.60. The fourth-order valence-corrected chi connectivity index (χ4v) is 3.82. The molecule has 0 bridgehead atoms. The van der Waals surface area contributed by atoms with Crippen LogP contribution in [0.25, 0.3) is 11.1 Å². The van der Waals surface area contributed by atoms with E-state index in [-0.39, 0.29) is 38.7 Å². The van der Waals surface area contributed by atoms with Crippen molar-refractivity contribution in [3.63, 3.8) is 0 Å². The number of halogens is 3. The van der Waals surface area contributed by atoms with Crippen molar-refractivity contribution in [2.45, 2.75) is 18.5 Å². The van der Waals surface area contributed by atoms with Gasteiger partial charge in [0.15, 0.2) is 5.92 Å². The molecule has 1 unspecified atom stereocenters. The fourth-order valence-electron chi connectivity index (χ4n) is 3.82. The van der Waals surface area contributed by atoms with Crippen LogP contribution >= 0.6 is 0 Å². The molecule has 1 aliphatic rings. The van der Waals surface area contributed by atoms with Gasteiger partial charge in [-0.15, -0.1) is 0 Å². The van der Waals surface area contributed by atoms with Gasteiger partial charge in [0, 0.05) is 19.0 Å². The van der Waals surface area contributed by atoms with Crippen LogP contribution in [0.3, 0.4) is 0 Å². The topological polar surface area (TPSA) is 114 Å². The molecule has 0 saturated heterocycles. The summed E-state index contributed by atoms with van der Waals surface area (Å²) >= 11 is 0. The molecule has 0 heterocycles. The second-order valence-electron chi connectivity index (χ2n) is 7.85. The Morgan fingerprint density at radius 2 is 1.54 bits per heavy atom. The first-order valence-corrected chi connectivity index (χ1v) is 10.9. The van der Waals surface area contributed by atoms with Crippen molar-refractivity contribution < 1.29 is 42.1 Å². The van der Waals surface area contributed by atoms with Gasteiger partial charge in [0.25, 0.3) is 0 Å². The first-order valence-electron chi connectivity index (χ1n) is 10.9. The van der Waals surface area contributed by atoms with Gasteiger partial charge in [0.2, 0.25) is 5.91 Å². The van der Waals surface area contributed by atoms with Gasteiger partial charge < -0.3 is 25.2 Å². The number of fused-ring (bicyclic) bond motifs is 3. The van der Waals surface area contributed by atoms with Gasteiger partial charge in [-0.3, -0.25) is 9.59 Å². The van der Waals surface area contributed by atoms with E-state index in [4.69, 9.17) is 14.6 Å². The molecule has 0 aromatic heterocycles. The fraction of sp³-hybridized carbons (Fsp3) is 0.375. The number of carbonyl (C=O) groups excluding carboxylic acids is 2. The number of ether oxygens (including phenoxy) is 2. The minimum atomic E-state index is -4.90. The molecule has 11 heteroatoms. The van der Waals surface area contributed by atoms with Crippen LogP contribution in [0.15, 0.2) is 48.5 Å². The van der Waals surface area contributed by atoms with Crippen LogP contribution in [0.2, 0.25) is 0 Å². The molecule has 0 saturated carbocycles. The van der Waals surface area contributed by atoms with Crippen LogP contribution in [0.4, 0.5) is 18.0 Å². The van der Waals surface area contributed by atoms with E-state index in [1.54, 1.807) is 0 Å². The Morgan fingerprint density at radius 1 is 0.943 bits per heavy atom. The number of amides is 2. The van der Waals surface area contributed by atoms with Gasteiger partial charge in [-0.1, -0.05) is 48.5 Å². The average molecular weight is 494 g/mol. The summed E-state index contributed by atoms with van der Waals surface area (Å²) in [5.74, 6) is -5.15. The number of hydrogen-bond acceptors (Lipinski definition) is 5. The van der Waals surface area contributed by atoms with E-state index in [2.05, 4.69) is 5.32 Å². The molecule has 0 aliphatic heterocycles. The predicted octanol–water partition coefficient (Wildman–Crippen LogP) is 3.31. The van der Waals surface area contributed by atoms with Crippen LogP contribution in [0.5, 0.6) is 0 Å². The number of nitrogens with one attached hydrogen (secondary N) is 2. The third-order valence-electron chi connectivity index (χ3n) is 5.51. The van der Waals surface area contributed by atoms with Crippen LogP contribution in [0.1, 0.15) is 23.5 Å². The highest BCUT2D eigenvalue weighted by Crippen LogP contribution is 2.44. The molecule has 35 heavy (non-hydrogen) atoms. The lowest BCUT2D eigenvalue weighted by Gasteiger charge is -2.20. The van der Waals surface area contributed by atoms with Crippen molar-refractivity contribution in [1.29, 1.82) is 0 Å². The molecule has 3 N–H and O–H groups in total. The number of alkyl halides is 3. The van der Waals surface area contributed by atoms with Gasteiger partial charge in [0.05, 0.1) is 19.6 Å². The Labute approximate surface area is 199 Å². The summed E-state index contributed by atoms with van der Waals surface area (Å²) in [6.45, 7) is -1.58. The number of carboxylic acids is 1. The summed E-state index contributed by atoms with van der Waals surface area (Å²) in [7, 11) is 0. The van der Waals surface area contributed by atoms with Crippen LogP contribution in [-0.4, -0.2) is 62.2 Å². The summed E-state index contributed by atoms with van der Waals surface area (Å²) in [5.41, 5.74) is 3.94. The summed E-state index contributed by atoms with van der Waals surface area (Å²) in [5, 5.41) is 12.6. The quantitative estimate of drug-likeness (QED) is 0.413. The van der Waals surface area contributed by atoms with Crippen molar-refractivity contribution in [2.24, 2.45) is 5.92 Å². The number of carboxylic acid groups (broad SMARTS) is 1. The lowest BCUT2D eigenvalue weighted by Crippen LogP contribution is -2.47. The number of hydrogen-bond donors (Lipinski definition) is 3. The third-order valence-corrected chi connectivity index (χ3v) is 5.51. The number of benzene rings is 2. The Bertz CT molecular complexity index is 1010. The summed E-state index contributed by atoms with van der Waals surface area (Å²) in [6, 6.07) is 15.3. The molecule has 1 aliphatic carbocycles. The van der Waals surface area contributed by atoms with E-state index < -0.39 is 36.6 Å². The van der Waals surface area contributed by atoms with E-state index in [9.17, 15) is 27.6 Å². The highest BCUT2D eigenvalue weighted by atomic mass is 19.4. The van der Waals surface area contributed by atoms with Gasteiger partial charge in [-0.2, -0.15) is 13.2 Å². The van der Waals surface area contributed by atoms with E-state index in [1.807, 2.05) is 53.8 Å². The summed E-state index contributed by atoms with van der Waals surface area (Å²) < 4.78 is 50.2. The van der Waals surface area contributed by atoms with Crippen LogP contribution < -0.4 is 10.6 Å². The van der Waals surface area contributed by atoms with Crippen molar-refractivity contribution >= 4 is 18.0 Å². The van der Waals surface area contributed by atoms with Gasteiger partial charge in [0.1, 0.15) is 6.61 Å². The molecular weight excluding hydrogens is 469 g/mol. The van der Waals surface area contributed by atoms with E-state index in [1.165, 1.54) is 0 Å². The second kappa shape index (κ2) is 11.7. The molecule has 3 rings (SSSR count). The van der Waals surface area contributed by atoms with E-state index in [0.717, 1.165) is 22.3 Å². The normalized spacial score (nSPS) is 13.5. The maximum Gasteiger partial charge on any atom is 0.407 e. The molecule has 2 amide bonds. The first-order chi connectivity index (χ1) is 16.7. The maximum atomic E-state index is 13.4. The molecule has 8 nitrogen and oxygen atoms in total. The standard InChI is InChI=1S/C24H25F3N2O6/c25-24(26,27)20(22(32)28-10-12-34-11-9-21(30)31)13-29-23(33)35-14-19-17-7-3-1-5-15(17)16-6-2-4-8-18(16)19/h1-8,19-20H,9-14H2,(H,28,32)(H,29,33)(H,30,31). The summed E-state index contributed by atoms with van der Waals surface area (Å²) in [6.07, 6.45) is -6.22. The van der Waals surface area contributed by atoms with Crippen LogP contribution in [-0.2, 0) is 19.1 Å². The SMILES string of the molecule is O=C(O)CCOCCNC(=O)C(CNC(=O)OCC1c2ccccc2-c2ccccc21)C(F)(F)F. The third kappa shape index (κ3) is 6.95. The largest absolute Gasteiger partial charge is 0.481 e. The number of carbonyl (C=O) groups is 3. The van der Waals surface area contributed by atoms with Crippen molar-refractivity contribution in [1.82, 2.24) is 10.6 Å². The molecule has 188 valence electrons. The zero-order chi connectivity index (χ0) is 25.4. The molecule has 0 spiro atoms. The monoisotopic (exact) mass is 494 g/mol. The molecular formula is C24H25F3N2O6. The Morgan fingerprint density at radius 3 is 2.11 bits per heavy atom. The van der Waals surface area contributed by atoms with E-state index >= 15 is 0 Å². The van der Waals surface area contributed by atoms with Gasteiger partial charge >= 0.3 is 18.2 Å². The van der Waals surface area contributed by atoms with Crippen LogP contribution in [0, 0.1) is 5.92 Å². The average Bonchev–Trinajstić information content (AvgIpc) is 3.13. The molecule has 0 fully saturated rings. The smallest absolute Gasteiger partial charge is 0.407 e. The molecule has 2 aromatic rings. The van der Waals surface area contributed by atoms with Crippen molar-refractivity contribution in [3.8, 4) is 11.1 Å². The number of rotatable bonds is 11. The minimum Gasteiger partial charge on any atom is -0.481 e. The molecule has 2 aromatic carbocycles. The lowest BCUT2D eigenvalue weighted by molar-refractivity contribution is -0.181. The maximum absolute atomic E-state index is 13.4. The zero-order valence-corrected chi connectivity index (χ0v) is 18.6. The van der Waals surface area contributed by atoms with Gasteiger partial charge in [-0.25, -0.2) is 4.79 Å².